The van der Waals surface area contributed by atoms with Crippen LogP contribution in [0, 0.1) is 11.7 Å². The summed E-state index contributed by atoms with van der Waals surface area (Å²) in [5.41, 5.74) is 2.56. The van der Waals surface area contributed by atoms with Gasteiger partial charge in [-0.3, -0.25) is 4.79 Å². The first-order valence-electron chi connectivity index (χ1n) is 8.24. The Morgan fingerprint density at radius 1 is 1.16 bits per heavy atom. The molecule has 0 bridgehead atoms. The first kappa shape index (κ1) is 16.0. The summed E-state index contributed by atoms with van der Waals surface area (Å²) in [5, 5.41) is 5.83. The van der Waals surface area contributed by atoms with Crippen molar-refractivity contribution in [2.75, 3.05) is 0 Å². The van der Waals surface area contributed by atoms with E-state index in [1.807, 2.05) is 41.8 Å². The number of aromatic nitrogens is 1. The molecule has 5 heteroatoms. The van der Waals surface area contributed by atoms with Crippen LogP contribution in [0.4, 0.5) is 4.39 Å². The van der Waals surface area contributed by atoms with Gasteiger partial charge in [0, 0.05) is 16.9 Å². The van der Waals surface area contributed by atoms with Crippen LogP contribution < -0.4 is 5.32 Å². The molecule has 1 aliphatic rings. The van der Waals surface area contributed by atoms with Crippen molar-refractivity contribution in [1.29, 1.82) is 0 Å². The second-order valence-corrected chi connectivity index (χ2v) is 7.06. The summed E-state index contributed by atoms with van der Waals surface area (Å²) in [6.07, 6.45) is 0.707. The molecule has 1 fully saturated rings. The Kier molecular flexibility index (Phi) is 4.32. The zero-order chi connectivity index (χ0) is 17.2. The summed E-state index contributed by atoms with van der Waals surface area (Å²) < 4.78 is 13.8. The maximum atomic E-state index is 13.8. The molecule has 1 aromatic heterocycles. The normalized spacial score (nSPS) is 18.8. The van der Waals surface area contributed by atoms with E-state index >= 15 is 0 Å². The number of nitrogens with one attached hydrogen (secondary N) is 1. The molecule has 0 saturated heterocycles. The molecule has 3 nitrogen and oxygen atoms in total. The second-order valence-electron chi connectivity index (χ2n) is 6.20. The van der Waals surface area contributed by atoms with Crippen LogP contribution in [0.1, 0.15) is 23.6 Å². The van der Waals surface area contributed by atoms with Gasteiger partial charge in [0.05, 0.1) is 12.2 Å². The number of benzene rings is 2. The zero-order valence-electron chi connectivity index (χ0n) is 13.5. The summed E-state index contributed by atoms with van der Waals surface area (Å²) in [5.74, 6) is -0.391. The van der Waals surface area contributed by atoms with Crippen LogP contribution >= 0.6 is 11.3 Å². The molecule has 2 atom stereocenters. The minimum absolute atomic E-state index is 0.00323. The quantitative estimate of drug-likeness (QED) is 0.741. The smallest absolute Gasteiger partial charge is 0.224 e. The molecule has 2 aromatic carbocycles. The molecule has 4 rings (SSSR count). The average Bonchev–Trinajstić information content (AvgIpc) is 3.30. The van der Waals surface area contributed by atoms with Crippen molar-refractivity contribution in [2.24, 2.45) is 5.92 Å². The fourth-order valence-electron chi connectivity index (χ4n) is 3.01. The van der Waals surface area contributed by atoms with Crippen LogP contribution in [0.25, 0.3) is 10.6 Å². The Morgan fingerprint density at radius 2 is 1.92 bits per heavy atom. The summed E-state index contributed by atoms with van der Waals surface area (Å²) in [6.45, 7) is 0.405. The highest BCUT2D eigenvalue weighted by atomic mass is 32.1. The van der Waals surface area contributed by atoms with Crippen molar-refractivity contribution in [3.8, 4) is 10.6 Å². The Morgan fingerprint density at radius 3 is 2.72 bits per heavy atom. The van der Waals surface area contributed by atoms with Gasteiger partial charge in [0.25, 0.3) is 0 Å². The van der Waals surface area contributed by atoms with Crippen molar-refractivity contribution in [2.45, 2.75) is 18.9 Å². The summed E-state index contributed by atoms with van der Waals surface area (Å²) >= 11 is 1.57. The number of hydrogen-bond acceptors (Lipinski definition) is 3. The summed E-state index contributed by atoms with van der Waals surface area (Å²) in [4.78, 5) is 16.9. The van der Waals surface area contributed by atoms with E-state index in [0.717, 1.165) is 16.3 Å². The fourth-order valence-corrected chi connectivity index (χ4v) is 3.84. The SMILES string of the molecule is O=C(NCc1csc(-c2ccccc2)n1)C1CC1c1ccccc1F. The largest absolute Gasteiger partial charge is 0.350 e. The molecule has 1 saturated carbocycles. The van der Waals surface area contributed by atoms with Crippen molar-refractivity contribution in [1.82, 2.24) is 10.3 Å². The standard InChI is InChI=1S/C20H17FN2OS/c21-18-9-5-4-8-15(18)16-10-17(16)19(24)22-11-14-12-25-20(23-14)13-6-2-1-3-7-13/h1-9,12,16-17H,10-11H2,(H,22,24). The molecule has 126 valence electrons. The Hall–Kier alpha value is -2.53. The van der Waals surface area contributed by atoms with Gasteiger partial charge in [-0.2, -0.15) is 0 Å². The number of carbonyl (C=O) groups excluding carboxylic acids is 1. The van der Waals surface area contributed by atoms with Gasteiger partial charge in [-0.05, 0) is 24.0 Å². The highest BCUT2D eigenvalue weighted by Gasteiger charge is 2.44. The first-order chi connectivity index (χ1) is 12.2. The summed E-state index contributed by atoms with van der Waals surface area (Å²) in [7, 11) is 0. The van der Waals surface area contributed by atoms with Gasteiger partial charge in [-0.1, -0.05) is 48.5 Å². The lowest BCUT2D eigenvalue weighted by atomic mass is 10.1. The van der Waals surface area contributed by atoms with Crippen LogP contribution in [0.15, 0.2) is 60.0 Å². The molecule has 0 radical (unpaired) electrons. The number of hydrogen-bond donors (Lipinski definition) is 1. The van der Waals surface area contributed by atoms with Gasteiger partial charge in [-0.25, -0.2) is 9.37 Å². The summed E-state index contributed by atoms with van der Waals surface area (Å²) in [6, 6.07) is 16.7. The topological polar surface area (TPSA) is 42.0 Å². The predicted octanol–water partition coefficient (Wildman–Crippen LogP) is 4.37. The van der Waals surface area contributed by atoms with E-state index in [4.69, 9.17) is 0 Å². The number of carbonyl (C=O) groups is 1. The number of rotatable bonds is 5. The fraction of sp³-hybridized carbons (Fsp3) is 0.200. The Labute approximate surface area is 149 Å². The molecular formula is C20H17FN2OS. The van der Waals surface area contributed by atoms with E-state index < -0.39 is 0 Å². The minimum Gasteiger partial charge on any atom is -0.350 e. The van der Waals surface area contributed by atoms with Crippen molar-refractivity contribution in [3.05, 3.63) is 77.1 Å². The van der Waals surface area contributed by atoms with Gasteiger partial charge in [0.15, 0.2) is 0 Å². The van der Waals surface area contributed by atoms with Crippen LogP contribution in [-0.2, 0) is 11.3 Å². The van der Waals surface area contributed by atoms with Gasteiger partial charge in [-0.15, -0.1) is 11.3 Å². The van der Waals surface area contributed by atoms with Gasteiger partial charge in [0.1, 0.15) is 10.8 Å². The molecule has 1 amide bonds. The monoisotopic (exact) mass is 352 g/mol. The van der Waals surface area contributed by atoms with Gasteiger partial charge < -0.3 is 5.32 Å². The van der Waals surface area contributed by atoms with Crippen LogP contribution in [-0.4, -0.2) is 10.9 Å². The molecule has 25 heavy (non-hydrogen) atoms. The van der Waals surface area contributed by atoms with Crippen molar-refractivity contribution in [3.63, 3.8) is 0 Å². The lowest BCUT2D eigenvalue weighted by Crippen LogP contribution is -2.25. The lowest BCUT2D eigenvalue weighted by molar-refractivity contribution is -0.122. The van der Waals surface area contributed by atoms with Crippen molar-refractivity contribution < 1.29 is 9.18 Å². The van der Waals surface area contributed by atoms with Crippen molar-refractivity contribution >= 4 is 17.2 Å². The lowest BCUT2D eigenvalue weighted by Gasteiger charge is -2.04. The average molecular weight is 352 g/mol. The molecule has 3 aromatic rings. The molecule has 0 spiro atoms. The zero-order valence-corrected chi connectivity index (χ0v) is 14.3. The van der Waals surface area contributed by atoms with Crippen LogP contribution in [0.2, 0.25) is 0 Å². The van der Waals surface area contributed by atoms with E-state index in [2.05, 4.69) is 10.3 Å². The Bertz CT molecular complexity index is 893. The molecule has 1 heterocycles. The van der Waals surface area contributed by atoms with E-state index in [0.29, 0.717) is 18.5 Å². The number of nitrogens with zero attached hydrogens (tertiary/aromatic N) is 1. The minimum atomic E-state index is -0.227. The third-order valence-corrected chi connectivity index (χ3v) is 5.39. The number of thiazole rings is 1. The highest BCUT2D eigenvalue weighted by molar-refractivity contribution is 7.13. The van der Waals surface area contributed by atoms with E-state index in [9.17, 15) is 9.18 Å². The highest BCUT2D eigenvalue weighted by Crippen LogP contribution is 2.48. The third kappa shape index (κ3) is 3.46. The molecular weight excluding hydrogens is 335 g/mol. The van der Waals surface area contributed by atoms with E-state index in [1.165, 1.54) is 6.07 Å². The maximum absolute atomic E-state index is 13.8. The molecule has 0 aliphatic heterocycles. The van der Waals surface area contributed by atoms with Gasteiger partial charge in [0.2, 0.25) is 5.91 Å². The molecule has 1 aliphatic carbocycles. The number of amides is 1. The van der Waals surface area contributed by atoms with E-state index in [1.54, 1.807) is 23.5 Å². The predicted molar refractivity (Wildman–Crippen MR) is 96.6 cm³/mol. The second kappa shape index (κ2) is 6.76. The van der Waals surface area contributed by atoms with E-state index in [-0.39, 0.29) is 23.6 Å². The van der Waals surface area contributed by atoms with Crippen LogP contribution in [0.5, 0.6) is 0 Å². The molecule has 1 N–H and O–H groups in total. The van der Waals surface area contributed by atoms with Gasteiger partial charge >= 0.3 is 0 Å². The third-order valence-electron chi connectivity index (χ3n) is 4.45. The number of halogens is 1. The van der Waals surface area contributed by atoms with Crippen LogP contribution in [0.3, 0.4) is 0 Å². The Balaban J connectivity index is 1.34. The maximum Gasteiger partial charge on any atom is 0.224 e. The molecule has 2 unspecified atom stereocenters. The first-order valence-corrected chi connectivity index (χ1v) is 9.12.